The van der Waals surface area contributed by atoms with Crippen molar-refractivity contribution >= 4 is 0 Å². The molecule has 0 aliphatic heterocycles. The lowest BCUT2D eigenvalue weighted by atomic mass is 10.1. The van der Waals surface area contributed by atoms with Crippen molar-refractivity contribution in [2.45, 2.75) is 94.1 Å². The second-order valence-electron chi connectivity index (χ2n) is 11.0. The van der Waals surface area contributed by atoms with Gasteiger partial charge in [0.2, 0.25) is 0 Å². The zero-order chi connectivity index (χ0) is 40.5. The SMILES string of the molecule is CCCCCCCCOc1cnc(-c2ccc(OC[C@@H](F)COCC(F)(F)OC(F)(F)C(F)(F)OC(F)(F)C(F)(F)C(F)(F)C(F)(F)F)c(F)c2)nc1. The van der Waals surface area contributed by atoms with E-state index in [-0.39, 0.29) is 11.4 Å². The van der Waals surface area contributed by atoms with Gasteiger partial charge in [0.15, 0.2) is 29.3 Å². The van der Waals surface area contributed by atoms with Gasteiger partial charge in [-0.2, -0.15) is 65.9 Å². The van der Waals surface area contributed by atoms with Crippen molar-refractivity contribution in [1.82, 2.24) is 9.97 Å². The lowest BCUT2D eigenvalue weighted by Crippen LogP contribution is -2.64. The summed E-state index contributed by atoms with van der Waals surface area (Å²) in [7, 11) is 0. The van der Waals surface area contributed by atoms with E-state index in [0.29, 0.717) is 12.4 Å². The first-order valence-corrected chi connectivity index (χ1v) is 15.0. The van der Waals surface area contributed by atoms with Gasteiger partial charge in [-0.05, 0) is 24.6 Å². The van der Waals surface area contributed by atoms with Crippen molar-refractivity contribution < 1.29 is 98.3 Å². The Morgan fingerprint density at radius 2 is 1.23 bits per heavy atom. The minimum absolute atomic E-state index is 0.0480. The molecule has 0 fully saturated rings. The molecule has 24 heteroatoms. The zero-order valence-electron chi connectivity index (χ0n) is 26.9. The quantitative estimate of drug-likeness (QED) is 0.0818. The number of nitrogens with zero attached hydrogens (tertiary/aromatic N) is 2. The molecule has 1 aromatic carbocycles. The van der Waals surface area contributed by atoms with Gasteiger partial charge in [0, 0.05) is 5.56 Å². The number of unbranched alkanes of at least 4 members (excludes halogenated alkanes) is 5. The summed E-state index contributed by atoms with van der Waals surface area (Å²) in [6.45, 7) is -2.79. The van der Waals surface area contributed by atoms with Gasteiger partial charge in [0.25, 0.3) is 0 Å². The molecule has 2 rings (SSSR count). The fraction of sp³-hybridized carbons (Fsp3) is 0.655. The lowest BCUT2D eigenvalue weighted by Gasteiger charge is -2.36. The van der Waals surface area contributed by atoms with Crippen LogP contribution in [0.15, 0.2) is 30.6 Å². The summed E-state index contributed by atoms with van der Waals surface area (Å²) in [5.74, 6) is -17.2. The third-order valence-corrected chi connectivity index (χ3v) is 6.56. The molecule has 0 bridgehead atoms. The van der Waals surface area contributed by atoms with Gasteiger partial charge >= 0.3 is 42.5 Å². The van der Waals surface area contributed by atoms with Gasteiger partial charge in [-0.15, -0.1) is 0 Å². The highest BCUT2D eigenvalue weighted by Gasteiger charge is 2.85. The molecule has 7 nitrogen and oxygen atoms in total. The van der Waals surface area contributed by atoms with Crippen LogP contribution in [0.25, 0.3) is 11.4 Å². The third kappa shape index (κ3) is 12.3. The van der Waals surface area contributed by atoms with E-state index in [0.717, 1.165) is 50.7 Å². The normalized spacial score (nSPS) is 14.4. The molecule has 0 aliphatic carbocycles. The molecule has 0 spiro atoms. The molecule has 0 unspecified atom stereocenters. The van der Waals surface area contributed by atoms with Gasteiger partial charge in [-0.1, -0.05) is 39.0 Å². The van der Waals surface area contributed by atoms with Gasteiger partial charge in [0.05, 0.1) is 25.6 Å². The molecule has 1 aromatic heterocycles. The maximum atomic E-state index is 14.5. The topological polar surface area (TPSA) is 71.9 Å². The minimum Gasteiger partial charge on any atom is -0.490 e. The van der Waals surface area contributed by atoms with Crippen molar-refractivity contribution in [3.05, 3.63) is 36.4 Å². The molecule has 1 heterocycles. The first-order chi connectivity index (χ1) is 24.2. The Morgan fingerprint density at radius 3 is 1.79 bits per heavy atom. The van der Waals surface area contributed by atoms with Crippen LogP contribution in [0.1, 0.15) is 45.4 Å². The lowest BCUT2D eigenvalue weighted by molar-refractivity contribution is -0.543. The summed E-state index contributed by atoms with van der Waals surface area (Å²) in [5.41, 5.74) is 0.129. The predicted molar refractivity (Wildman–Crippen MR) is 145 cm³/mol. The Morgan fingerprint density at radius 1 is 0.660 bits per heavy atom. The molecule has 0 saturated heterocycles. The number of rotatable bonds is 23. The number of hydrogen-bond acceptors (Lipinski definition) is 7. The molecule has 0 saturated carbocycles. The van der Waals surface area contributed by atoms with Crippen LogP contribution >= 0.6 is 0 Å². The number of alkyl halides is 16. The first kappa shape index (κ1) is 45.7. The maximum absolute atomic E-state index is 14.5. The maximum Gasteiger partial charge on any atom is 0.460 e. The monoisotopic (exact) mass is 808 g/mol. The summed E-state index contributed by atoms with van der Waals surface area (Å²) in [5, 5.41) is 0. The van der Waals surface area contributed by atoms with E-state index in [1.165, 1.54) is 23.2 Å². The van der Waals surface area contributed by atoms with Crippen LogP contribution in [-0.4, -0.2) is 85.0 Å². The highest BCUT2D eigenvalue weighted by Crippen LogP contribution is 2.56. The largest absolute Gasteiger partial charge is 0.490 e. The van der Waals surface area contributed by atoms with Gasteiger partial charge < -0.3 is 14.2 Å². The van der Waals surface area contributed by atoms with Crippen LogP contribution in [0.2, 0.25) is 0 Å². The van der Waals surface area contributed by atoms with Gasteiger partial charge in [0.1, 0.15) is 13.2 Å². The van der Waals surface area contributed by atoms with Crippen LogP contribution in [0.3, 0.4) is 0 Å². The van der Waals surface area contributed by atoms with Crippen molar-refractivity contribution in [2.24, 2.45) is 0 Å². The minimum atomic E-state index is -7.99. The Balaban J connectivity index is 1.88. The standard InChI is InChI=1S/C29H29F17N2O5/c1-2-3-4-5-6-7-10-50-19-12-47-22(48-13-19)17-8-9-21(20(31)11-17)51-15-18(30)14-49-16-23(32,33)52-28(43,44)29(45,46)53-27(41,42)25(36,37)24(34,35)26(38,39)40/h8-9,11-13,18H,2-7,10,14-16H2,1H3/t18-/m0/s1. The fourth-order valence-electron chi connectivity index (χ4n) is 3.82. The first-order valence-electron chi connectivity index (χ1n) is 15.0. The summed E-state index contributed by atoms with van der Waals surface area (Å²) in [6.07, 6.45) is -29.2. The summed E-state index contributed by atoms with van der Waals surface area (Å²) in [4.78, 5) is 8.10. The Bertz CT molecular complexity index is 1430. The predicted octanol–water partition coefficient (Wildman–Crippen LogP) is 9.99. The molecule has 2 aromatic rings. The smallest absolute Gasteiger partial charge is 0.460 e. The molecule has 0 amide bonds. The second-order valence-corrected chi connectivity index (χ2v) is 11.0. The number of halogens is 17. The van der Waals surface area contributed by atoms with E-state index < -0.39 is 80.0 Å². The molecule has 0 aliphatic rings. The Labute approximate surface area is 288 Å². The van der Waals surface area contributed by atoms with E-state index in [1.807, 2.05) is 0 Å². The fourth-order valence-corrected chi connectivity index (χ4v) is 3.82. The van der Waals surface area contributed by atoms with E-state index in [2.05, 4.69) is 26.4 Å². The third-order valence-electron chi connectivity index (χ3n) is 6.56. The molecule has 0 radical (unpaired) electrons. The summed E-state index contributed by atoms with van der Waals surface area (Å²) in [6, 6.07) is 3.10. The van der Waals surface area contributed by atoms with Crippen molar-refractivity contribution in [2.75, 3.05) is 26.4 Å². The number of ether oxygens (including phenoxy) is 5. The number of benzene rings is 1. The van der Waals surface area contributed by atoms with Crippen LogP contribution in [0, 0.1) is 5.82 Å². The highest BCUT2D eigenvalue weighted by molar-refractivity contribution is 5.56. The van der Waals surface area contributed by atoms with Crippen LogP contribution < -0.4 is 9.47 Å². The summed E-state index contributed by atoms with van der Waals surface area (Å²) < 4.78 is 243. The molecular formula is C29H29F17N2O5. The van der Waals surface area contributed by atoms with Crippen molar-refractivity contribution in [1.29, 1.82) is 0 Å². The zero-order valence-corrected chi connectivity index (χ0v) is 26.9. The highest BCUT2D eigenvalue weighted by atomic mass is 19.4. The van der Waals surface area contributed by atoms with E-state index in [4.69, 9.17) is 9.47 Å². The number of hydrogen-bond donors (Lipinski definition) is 0. The molecular weight excluding hydrogens is 779 g/mol. The summed E-state index contributed by atoms with van der Waals surface area (Å²) >= 11 is 0. The Kier molecular flexibility index (Phi) is 15.4. The van der Waals surface area contributed by atoms with Crippen LogP contribution in [0.4, 0.5) is 74.6 Å². The van der Waals surface area contributed by atoms with E-state index in [1.54, 1.807) is 0 Å². The van der Waals surface area contributed by atoms with Crippen LogP contribution in [-0.2, 0) is 14.2 Å². The average Bonchev–Trinajstić information content (AvgIpc) is 3.02. The molecule has 1 atom stereocenters. The van der Waals surface area contributed by atoms with Crippen LogP contribution in [0.5, 0.6) is 11.5 Å². The molecule has 53 heavy (non-hydrogen) atoms. The van der Waals surface area contributed by atoms with Crippen molar-refractivity contribution in [3.63, 3.8) is 0 Å². The van der Waals surface area contributed by atoms with Crippen molar-refractivity contribution in [3.8, 4) is 22.9 Å². The van der Waals surface area contributed by atoms with Gasteiger partial charge in [-0.25, -0.2) is 28.2 Å². The second kappa shape index (κ2) is 17.8. The Hall–Kier alpha value is -3.41. The number of aromatic nitrogens is 2. The molecule has 0 N–H and O–H groups in total. The van der Waals surface area contributed by atoms with Gasteiger partial charge in [-0.3, -0.25) is 0 Å². The molecule has 304 valence electrons. The average molecular weight is 809 g/mol. The van der Waals surface area contributed by atoms with E-state index >= 15 is 0 Å². The van der Waals surface area contributed by atoms with E-state index in [9.17, 15) is 74.6 Å².